The van der Waals surface area contributed by atoms with Crippen LogP contribution in [0.25, 0.3) is 5.69 Å². The third-order valence-electron chi connectivity index (χ3n) is 3.21. The molecule has 1 atom stereocenters. The Morgan fingerprint density at radius 2 is 1.95 bits per heavy atom. The summed E-state index contributed by atoms with van der Waals surface area (Å²) in [5, 5.41) is 0.0925. The first-order valence-corrected chi connectivity index (χ1v) is 7.76. The Balaban J connectivity index is 2.64. The van der Waals surface area contributed by atoms with Gasteiger partial charge in [0.05, 0.1) is 16.1 Å². The topological polar surface area (TPSA) is 22.0 Å². The van der Waals surface area contributed by atoms with Gasteiger partial charge >= 0.3 is 0 Å². The number of aromatic nitrogens is 1. The molecule has 0 aliphatic carbocycles. The van der Waals surface area contributed by atoms with E-state index in [4.69, 9.17) is 23.2 Å². The first-order chi connectivity index (χ1) is 9.32. The van der Waals surface area contributed by atoms with E-state index in [0.29, 0.717) is 10.6 Å². The van der Waals surface area contributed by atoms with Crippen LogP contribution in [0, 0.1) is 13.8 Å². The van der Waals surface area contributed by atoms with Crippen LogP contribution < -0.4 is 0 Å². The molecule has 0 aliphatic rings. The van der Waals surface area contributed by atoms with Crippen LogP contribution in [-0.4, -0.2) is 15.7 Å². The van der Waals surface area contributed by atoms with E-state index in [1.807, 2.05) is 42.7 Å². The molecule has 5 heteroatoms. The zero-order valence-electron chi connectivity index (χ0n) is 11.4. The van der Waals surface area contributed by atoms with Gasteiger partial charge in [-0.15, -0.1) is 11.6 Å². The SMILES string of the molecule is Cc1cc(C(=O)C(C)Cl)c(C)n1-c1cc(Br)ccc1Cl. The lowest BCUT2D eigenvalue weighted by Gasteiger charge is -2.12. The van der Waals surface area contributed by atoms with E-state index < -0.39 is 5.38 Å². The standard InChI is InChI=1S/C15H14BrCl2NO/c1-8-6-12(15(20)9(2)17)10(3)19(8)14-7-11(16)4-5-13(14)18/h4-7,9H,1-3H3. The summed E-state index contributed by atoms with van der Waals surface area (Å²) in [6.07, 6.45) is 0. The van der Waals surface area contributed by atoms with Gasteiger partial charge in [-0.25, -0.2) is 0 Å². The van der Waals surface area contributed by atoms with Crippen molar-refractivity contribution in [3.63, 3.8) is 0 Å². The molecule has 0 spiro atoms. The molecule has 1 aromatic carbocycles. The Morgan fingerprint density at radius 1 is 1.30 bits per heavy atom. The zero-order valence-corrected chi connectivity index (χ0v) is 14.5. The van der Waals surface area contributed by atoms with E-state index in [1.165, 1.54) is 0 Å². The molecule has 1 aromatic heterocycles. The molecule has 2 aromatic rings. The van der Waals surface area contributed by atoms with Crippen molar-refractivity contribution in [1.29, 1.82) is 0 Å². The highest BCUT2D eigenvalue weighted by molar-refractivity contribution is 9.10. The van der Waals surface area contributed by atoms with Crippen LogP contribution in [0.15, 0.2) is 28.7 Å². The summed E-state index contributed by atoms with van der Waals surface area (Å²) in [6, 6.07) is 7.49. The molecule has 0 fully saturated rings. The Hall–Kier alpha value is -0.770. The van der Waals surface area contributed by atoms with E-state index in [1.54, 1.807) is 6.92 Å². The van der Waals surface area contributed by atoms with Crippen LogP contribution in [0.3, 0.4) is 0 Å². The van der Waals surface area contributed by atoms with E-state index in [0.717, 1.165) is 21.5 Å². The van der Waals surface area contributed by atoms with Gasteiger partial charge < -0.3 is 4.57 Å². The maximum absolute atomic E-state index is 12.1. The molecule has 0 saturated carbocycles. The van der Waals surface area contributed by atoms with Crippen molar-refractivity contribution in [3.05, 3.63) is 50.7 Å². The number of halogens is 3. The number of hydrogen-bond donors (Lipinski definition) is 0. The number of rotatable bonds is 3. The minimum absolute atomic E-state index is 0.0721. The van der Waals surface area contributed by atoms with Crippen LogP contribution in [-0.2, 0) is 0 Å². The molecular weight excluding hydrogens is 361 g/mol. The van der Waals surface area contributed by atoms with E-state index >= 15 is 0 Å². The Morgan fingerprint density at radius 3 is 2.55 bits per heavy atom. The number of Topliss-reactive ketones (excluding diaryl/α,β-unsaturated/α-hetero) is 1. The first kappa shape index (κ1) is 15.6. The normalized spacial score (nSPS) is 12.5. The molecule has 1 unspecified atom stereocenters. The largest absolute Gasteiger partial charge is 0.316 e. The van der Waals surface area contributed by atoms with Crippen molar-refractivity contribution in [3.8, 4) is 5.69 Å². The molecule has 106 valence electrons. The average molecular weight is 375 g/mol. The monoisotopic (exact) mass is 373 g/mol. The fourth-order valence-electron chi connectivity index (χ4n) is 2.25. The van der Waals surface area contributed by atoms with Crippen molar-refractivity contribution in [2.24, 2.45) is 0 Å². The average Bonchev–Trinajstić information content (AvgIpc) is 2.67. The van der Waals surface area contributed by atoms with Gasteiger partial charge in [0, 0.05) is 21.4 Å². The Bertz CT molecular complexity index is 677. The molecular formula is C15H14BrCl2NO. The van der Waals surface area contributed by atoms with Gasteiger partial charge in [-0.05, 0) is 45.0 Å². The number of ketones is 1. The third-order valence-corrected chi connectivity index (χ3v) is 4.22. The van der Waals surface area contributed by atoms with E-state index in [-0.39, 0.29) is 5.78 Å². The maximum Gasteiger partial charge on any atom is 0.182 e. The van der Waals surface area contributed by atoms with Gasteiger partial charge in [0.25, 0.3) is 0 Å². The second-order valence-electron chi connectivity index (χ2n) is 4.70. The van der Waals surface area contributed by atoms with Gasteiger partial charge in [-0.3, -0.25) is 4.79 Å². The summed E-state index contributed by atoms with van der Waals surface area (Å²) >= 11 is 15.6. The fourth-order valence-corrected chi connectivity index (χ4v) is 2.92. The number of benzene rings is 1. The minimum atomic E-state index is -0.540. The smallest absolute Gasteiger partial charge is 0.182 e. The highest BCUT2D eigenvalue weighted by Gasteiger charge is 2.20. The summed E-state index contributed by atoms with van der Waals surface area (Å²) in [5.74, 6) is -0.0721. The summed E-state index contributed by atoms with van der Waals surface area (Å²) in [5.41, 5.74) is 3.28. The lowest BCUT2D eigenvalue weighted by molar-refractivity contribution is 0.0991. The van der Waals surface area contributed by atoms with Crippen LogP contribution >= 0.6 is 39.1 Å². The van der Waals surface area contributed by atoms with E-state index in [9.17, 15) is 4.79 Å². The van der Waals surface area contributed by atoms with Gasteiger partial charge in [-0.1, -0.05) is 27.5 Å². The number of hydrogen-bond acceptors (Lipinski definition) is 1. The number of nitrogens with zero attached hydrogens (tertiary/aromatic N) is 1. The molecule has 0 N–H and O–H groups in total. The molecule has 0 radical (unpaired) electrons. The summed E-state index contributed by atoms with van der Waals surface area (Å²) in [7, 11) is 0. The quantitative estimate of drug-likeness (QED) is 0.526. The highest BCUT2D eigenvalue weighted by atomic mass is 79.9. The number of carbonyl (C=O) groups excluding carboxylic acids is 1. The summed E-state index contributed by atoms with van der Waals surface area (Å²) in [4.78, 5) is 12.1. The molecule has 0 saturated heterocycles. The van der Waals surface area contributed by atoms with Gasteiger partial charge in [0.2, 0.25) is 0 Å². The number of alkyl halides is 1. The summed E-state index contributed by atoms with van der Waals surface area (Å²) in [6.45, 7) is 5.53. The van der Waals surface area contributed by atoms with E-state index in [2.05, 4.69) is 15.9 Å². The van der Waals surface area contributed by atoms with Gasteiger partial charge in [-0.2, -0.15) is 0 Å². The lowest BCUT2D eigenvalue weighted by atomic mass is 10.1. The number of aryl methyl sites for hydroxylation is 1. The highest BCUT2D eigenvalue weighted by Crippen LogP contribution is 2.29. The molecule has 1 heterocycles. The molecule has 20 heavy (non-hydrogen) atoms. The third kappa shape index (κ3) is 2.80. The molecule has 2 rings (SSSR count). The molecule has 0 bridgehead atoms. The van der Waals surface area contributed by atoms with Crippen molar-refractivity contribution < 1.29 is 4.79 Å². The van der Waals surface area contributed by atoms with Gasteiger partial charge in [0.15, 0.2) is 5.78 Å². The second-order valence-corrected chi connectivity index (χ2v) is 6.67. The molecule has 2 nitrogen and oxygen atoms in total. The number of carbonyl (C=O) groups is 1. The lowest BCUT2D eigenvalue weighted by Crippen LogP contribution is -2.11. The summed E-state index contributed by atoms with van der Waals surface area (Å²) < 4.78 is 2.91. The Kier molecular flexibility index (Phi) is 4.62. The van der Waals surface area contributed by atoms with Crippen molar-refractivity contribution in [2.45, 2.75) is 26.1 Å². The minimum Gasteiger partial charge on any atom is -0.316 e. The maximum atomic E-state index is 12.1. The fraction of sp³-hybridized carbons (Fsp3) is 0.267. The van der Waals surface area contributed by atoms with Gasteiger partial charge in [0.1, 0.15) is 0 Å². The second kappa shape index (κ2) is 5.92. The predicted octanol–water partition coefficient (Wildman–Crippen LogP) is 5.32. The Labute approximate surface area is 136 Å². The van der Waals surface area contributed by atoms with Crippen molar-refractivity contribution >= 4 is 44.9 Å². The first-order valence-electron chi connectivity index (χ1n) is 6.15. The predicted molar refractivity (Wildman–Crippen MR) is 87.6 cm³/mol. The van der Waals surface area contributed by atoms with Crippen LogP contribution in [0.2, 0.25) is 5.02 Å². The molecule has 0 aliphatic heterocycles. The zero-order chi connectivity index (χ0) is 15.0. The van der Waals surface area contributed by atoms with Crippen LogP contribution in [0.4, 0.5) is 0 Å². The van der Waals surface area contributed by atoms with Crippen molar-refractivity contribution in [2.75, 3.05) is 0 Å². The van der Waals surface area contributed by atoms with Crippen LogP contribution in [0.5, 0.6) is 0 Å². The van der Waals surface area contributed by atoms with Crippen LogP contribution in [0.1, 0.15) is 28.7 Å². The molecule has 0 amide bonds. The van der Waals surface area contributed by atoms with Crippen molar-refractivity contribution in [1.82, 2.24) is 4.57 Å².